The van der Waals surface area contributed by atoms with Gasteiger partial charge in [-0.3, -0.25) is 4.79 Å². The van der Waals surface area contributed by atoms with Gasteiger partial charge in [-0.25, -0.2) is 0 Å². The predicted octanol–water partition coefficient (Wildman–Crippen LogP) is -0.703. The lowest BCUT2D eigenvalue weighted by molar-refractivity contribution is -0.122. The summed E-state index contributed by atoms with van der Waals surface area (Å²) in [4.78, 5) is 11.6. The number of aromatic nitrogens is 3. The van der Waals surface area contributed by atoms with Crippen LogP contribution < -0.4 is 11.1 Å². The van der Waals surface area contributed by atoms with E-state index in [2.05, 4.69) is 20.7 Å². The molecular formula is C9H16N6O2. The molecule has 1 atom stereocenters. The minimum Gasteiger partial charge on any atom is -0.409 e. The average Bonchev–Trinajstić information content (AvgIpc) is 2.81. The molecule has 1 aromatic heterocycles. The van der Waals surface area contributed by atoms with Crippen molar-refractivity contribution in [2.75, 3.05) is 0 Å². The zero-order valence-corrected chi connectivity index (χ0v) is 9.79. The van der Waals surface area contributed by atoms with E-state index >= 15 is 0 Å². The van der Waals surface area contributed by atoms with Gasteiger partial charge >= 0.3 is 0 Å². The summed E-state index contributed by atoms with van der Waals surface area (Å²) in [5.74, 6) is -0.476. The quantitative estimate of drug-likeness (QED) is 0.272. The molecule has 1 amide bonds. The van der Waals surface area contributed by atoms with Gasteiger partial charge in [0.25, 0.3) is 0 Å². The number of nitrogens with zero attached hydrogens (tertiary/aromatic N) is 4. The molecule has 17 heavy (non-hydrogen) atoms. The van der Waals surface area contributed by atoms with Gasteiger partial charge in [-0.05, 0) is 13.8 Å². The van der Waals surface area contributed by atoms with E-state index in [0.29, 0.717) is 5.82 Å². The van der Waals surface area contributed by atoms with Crippen molar-refractivity contribution in [1.82, 2.24) is 20.1 Å². The first-order valence-corrected chi connectivity index (χ1v) is 5.22. The second-order valence-electron chi connectivity index (χ2n) is 3.50. The fourth-order valence-electron chi connectivity index (χ4n) is 1.22. The van der Waals surface area contributed by atoms with Gasteiger partial charge in [0.2, 0.25) is 5.91 Å². The Bertz CT molecular complexity index is 413. The predicted molar refractivity (Wildman–Crippen MR) is 60.1 cm³/mol. The number of oxime groups is 1. The van der Waals surface area contributed by atoms with Crippen LogP contribution in [0.25, 0.3) is 0 Å². The van der Waals surface area contributed by atoms with Crippen LogP contribution in [-0.4, -0.2) is 31.7 Å². The van der Waals surface area contributed by atoms with Gasteiger partial charge in [0, 0.05) is 6.54 Å². The van der Waals surface area contributed by atoms with E-state index in [1.807, 2.05) is 11.5 Å². The molecule has 8 nitrogen and oxygen atoms in total. The molecule has 0 aliphatic rings. The molecule has 0 fully saturated rings. The van der Waals surface area contributed by atoms with E-state index in [1.54, 1.807) is 13.3 Å². The van der Waals surface area contributed by atoms with Gasteiger partial charge in [-0.2, -0.15) is 0 Å². The van der Waals surface area contributed by atoms with E-state index < -0.39 is 5.92 Å². The molecule has 0 aliphatic heterocycles. The van der Waals surface area contributed by atoms with Crippen LogP contribution in [0.5, 0.6) is 0 Å². The van der Waals surface area contributed by atoms with Gasteiger partial charge in [-0.15, -0.1) is 10.2 Å². The number of nitrogens with one attached hydrogen (secondary N) is 1. The van der Waals surface area contributed by atoms with E-state index in [4.69, 9.17) is 10.9 Å². The van der Waals surface area contributed by atoms with Crippen molar-refractivity contribution in [3.63, 3.8) is 0 Å². The number of nitrogens with two attached hydrogens (primary N) is 1. The maximum absolute atomic E-state index is 11.6. The molecule has 1 rings (SSSR count). The number of carbonyl (C=O) groups excluding carboxylic acids is 1. The summed E-state index contributed by atoms with van der Waals surface area (Å²) in [7, 11) is 0. The van der Waals surface area contributed by atoms with E-state index in [-0.39, 0.29) is 18.3 Å². The summed E-state index contributed by atoms with van der Waals surface area (Å²) in [6.45, 7) is 4.49. The van der Waals surface area contributed by atoms with Crippen molar-refractivity contribution >= 4 is 11.7 Å². The number of amides is 1. The summed E-state index contributed by atoms with van der Waals surface area (Å²) >= 11 is 0. The topological polar surface area (TPSA) is 118 Å². The lowest BCUT2D eigenvalue weighted by Gasteiger charge is -2.10. The summed E-state index contributed by atoms with van der Waals surface area (Å²) in [6.07, 6.45) is 1.59. The molecule has 0 radical (unpaired) electrons. The normalized spacial score (nSPS) is 13.4. The number of aryl methyl sites for hydroxylation is 1. The Labute approximate surface area is 98.5 Å². The molecule has 0 aromatic carbocycles. The maximum atomic E-state index is 11.6. The van der Waals surface area contributed by atoms with Gasteiger partial charge in [0.1, 0.15) is 6.33 Å². The Hall–Kier alpha value is -2.12. The molecule has 94 valence electrons. The smallest absolute Gasteiger partial charge is 0.230 e. The Morgan fingerprint density at radius 3 is 3.06 bits per heavy atom. The summed E-state index contributed by atoms with van der Waals surface area (Å²) in [5.41, 5.74) is 5.33. The van der Waals surface area contributed by atoms with Crippen LogP contribution in [0.1, 0.15) is 19.7 Å². The lowest BCUT2D eigenvalue weighted by Crippen LogP contribution is -2.37. The third-order valence-electron chi connectivity index (χ3n) is 2.41. The number of hydrogen-bond acceptors (Lipinski definition) is 5. The molecule has 8 heteroatoms. The van der Waals surface area contributed by atoms with Crippen LogP contribution in [-0.2, 0) is 17.9 Å². The van der Waals surface area contributed by atoms with Crippen LogP contribution in [0.4, 0.5) is 0 Å². The van der Waals surface area contributed by atoms with Crippen LogP contribution in [0.3, 0.4) is 0 Å². The molecule has 4 N–H and O–H groups in total. The zero-order chi connectivity index (χ0) is 12.8. The van der Waals surface area contributed by atoms with E-state index in [1.165, 1.54) is 0 Å². The Morgan fingerprint density at radius 2 is 2.47 bits per heavy atom. The molecule has 1 unspecified atom stereocenters. The zero-order valence-electron chi connectivity index (χ0n) is 9.79. The largest absolute Gasteiger partial charge is 0.409 e. The first-order valence-electron chi connectivity index (χ1n) is 5.22. The molecular weight excluding hydrogens is 224 g/mol. The van der Waals surface area contributed by atoms with Gasteiger partial charge in [0.05, 0.1) is 12.5 Å². The number of carbonyl (C=O) groups is 1. The monoisotopic (exact) mass is 240 g/mol. The van der Waals surface area contributed by atoms with Gasteiger partial charge in [0.15, 0.2) is 11.7 Å². The first kappa shape index (κ1) is 12.9. The van der Waals surface area contributed by atoms with Crippen LogP contribution in [0.15, 0.2) is 11.5 Å². The SMILES string of the molecule is CCn1cnnc1CNC(=O)C(C)C(N)=NO. The highest BCUT2D eigenvalue weighted by molar-refractivity contribution is 6.01. The number of hydrogen-bond donors (Lipinski definition) is 3. The molecule has 0 aliphatic carbocycles. The highest BCUT2D eigenvalue weighted by atomic mass is 16.4. The van der Waals surface area contributed by atoms with Crippen molar-refractivity contribution in [2.45, 2.75) is 26.9 Å². The van der Waals surface area contributed by atoms with Crippen molar-refractivity contribution in [1.29, 1.82) is 0 Å². The second kappa shape index (κ2) is 5.83. The van der Waals surface area contributed by atoms with Crippen LogP contribution in [0, 0.1) is 5.92 Å². The van der Waals surface area contributed by atoms with E-state index in [9.17, 15) is 4.79 Å². The number of amidine groups is 1. The molecule has 1 aromatic rings. The van der Waals surface area contributed by atoms with Crippen molar-refractivity contribution < 1.29 is 10.0 Å². The van der Waals surface area contributed by atoms with Crippen LogP contribution >= 0.6 is 0 Å². The summed E-state index contributed by atoms with van der Waals surface area (Å²) < 4.78 is 1.81. The fraction of sp³-hybridized carbons (Fsp3) is 0.556. The van der Waals surface area contributed by atoms with Gasteiger partial charge < -0.3 is 20.8 Å². The van der Waals surface area contributed by atoms with Crippen molar-refractivity contribution in [3.8, 4) is 0 Å². The third-order valence-corrected chi connectivity index (χ3v) is 2.41. The third kappa shape index (κ3) is 3.16. The molecule has 0 saturated carbocycles. The minimum absolute atomic E-state index is 0.126. The molecule has 0 saturated heterocycles. The van der Waals surface area contributed by atoms with Gasteiger partial charge in [-0.1, -0.05) is 5.16 Å². The highest BCUT2D eigenvalue weighted by Gasteiger charge is 2.17. The maximum Gasteiger partial charge on any atom is 0.230 e. The van der Waals surface area contributed by atoms with E-state index in [0.717, 1.165) is 6.54 Å². The van der Waals surface area contributed by atoms with Crippen molar-refractivity contribution in [3.05, 3.63) is 12.2 Å². The summed E-state index contributed by atoms with van der Waals surface area (Å²) in [6, 6.07) is 0. The Morgan fingerprint density at radius 1 is 1.76 bits per heavy atom. The lowest BCUT2D eigenvalue weighted by atomic mass is 10.1. The summed E-state index contributed by atoms with van der Waals surface area (Å²) in [5, 5.41) is 21.5. The minimum atomic E-state index is -0.682. The molecule has 0 spiro atoms. The average molecular weight is 240 g/mol. The highest BCUT2D eigenvalue weighted by Crippen LogP contribution is 1.98. The number of rotatable bonds is 5. The first-order chi connectivity index (χ1) is 8.10. The second-order valence-corrected chi connectivity index (χ2v) is 3.50. The Balaban J connectivity index is 2.54. The fourth-order valence-corrected chi connectivity index (χ4v) is 1.22. The Kier molecular flexibility index (Phi) is 4.44. The molecule has 0 bridgehead atoms. The standard InChI is InChI=1S/C9H16N6O2/c1-3-15-5-12-13-7(15)4-11-9(16)6(2)8(10)14-17/h5-6,17H,3-4H2,1-2H3,(H2,10,14)(H,11,16). The van der Waals surface area contributed by atoms with Crippen molar-refractivity contribution in [2.24, 2.45) is 16.8 Å². The molecule has 1 heterocycles. The van der Waals surface area contributed by atoms with Crippen LogP contribution in [0.2, 0.25) is 0 Å².